The summed E-state index contributed by atoms with van der Waals surface area (Å²) >= 11 is 5.97. The number of nitrogens with zero attached hydrogens (tertiary/aromatic N) is 1. The molecule has 2 aromatic rings. The Labute approximate surface area is 212 Å². The summed E-state index contributed by atoms with van der Waals surface area (Å²) < 4.78 is 5.97. The highest BCUT2D eigenvalue weighted by Crippen LogP contribution is 2.51. The van der Waals surface area contributed by atoms with Crippen molar-refractivity contribution in [2.24, 2.45) is 21.7 Å². The highest BCUT2D eigenvalue weighted by atomic mass is 35.5. The summed E-state index contributed by atoms with van der Waals surface area (Å²) in [5.41, 5.74) is 4.37. The zero-order valence-electron chi connectivity index (χ0n) is 20.9. The van der Waals surface area contributed by atoms with Gasteiger partial charge in [-0.1, -0.05) is 63.6 Å². The van der Waals surface area contributed by atoms with E-state index in [9.17, 15) is 9.59 Å². The number of allylic oxidation sites excluding steroid dienone is 2. The quantitative estimate of drug-likeness (QED) is 0.460. The summed E-state index contributed by atoms with van der Waals surface area (Å²) in [6.07, 6.45) is 2.55. The van der Waals surface area contributed by atoms with Crippen LogP contribution in [0.1, 0.15) is 70.4 Å². The lowest BCUT2D eigenvalue weighted by atomic mass is 9.60. The molecule has 0 aromatic heterocycles. The molecule has 3 aliphatic rings. The first kappa shape index (κ1) is 24.0. The molecule has 2 unspecified atom stereocenters. The van der Waals surface area contributed by atoms with Gasteiger partial charge in [0.1, 0.15) is 18.1 Å². The van der Waals surface area contributed by atoms with E-state index in [1.807, 2.05) is 48.5 Å². The van der Waals surface area contributed by atoms with Gasteiger partial charge in [-0.05, 0) is 59.1 Å². The Bertz CT molecular complexity index is 1240. The number of halogens is 1. The number of ketones is 2. The highest BCUT2D eigenvalue weighted by Gasteiger charge is 2.49. The first-order valence-electron chi connectivity index (χ1n) is 12.3. The van der Waals surface area contributed by atoms with Crippen molar-refractivity contribution in [3.05, 3.63) is 76.0 Å². The molecule has 0 saturated heterocycles. The van der Waals surface area contributed by atoms with E-state index in [0.29, 0.717) is 24.5 Å². The lowest BCUT2D eigenvalue weighted by Gasteiger charge is -2.44. The Kier molecular flexibility index (Phi) is 5.99. The van der Waals surface area contributed by atoms with Crippen LogP contribution in [0.5, 0.6) is 5.75 Å². The second-order valence-corrected chi connectivity index (χ2v) is 12.3. The topological polar surface area (TPSA) is 55.7 Å². The molecule has 2 atom stereocenters. The van der Waals surface area contributed by atoms with E-state index in [0.717, 1.165) is 46.7 Å². The lowest BCUT2D eigenvalue weighted by Crippen LogP contribution is -2.45. The van der Waals surface area contributed by atoms with Gasteiger partial charge in [0.2, 0.25) is 0 Å². The molecule has 1 fully saturated rings. The van der Waals surface area contributed by atoms with Crippen LogP contribution >= 0.6 is 11.6 Å². The molecule has 182 valence electrons. The molecular weight excluding hydrogens is 458 g/mol. The highest BCUT2D eigenvalue weighted by molar-refractivity contribution is 6.30. The molecule has 1 saturated carbocycles. The Balaban J connectivity index is 1.47. The summed E-state index contributed by atoms with van der Waals surface area (Å²) in [5.74, 6) is 0.444. The number of fused-ring (bicyclic) bond motifs is 1. The average molecular weight is 490 g/mol. The lowest BCUT2D eigenvalue weighted by molar-refractivity contribution is -0.124. The predicted molar refractivity (Wildman–Crippen MR) is 139 cm³/mol. The van der Waals surface area contributed by atoms with Crippen LogP contribution in [0.15, 0.2) is 64.8 Å². The number of rotatable bonds is 4. The van der Waals surface area contributed by atoms with Crippen LogP contribution in [0, 0.1) is 16.7 Å². The SMILES string of the molecule is CC1(C)CC(=O)C2C(=NC3=C(C(=O)CC(C)(C)C3)C2c2ccc(OCc3ccc(Cl)cc3)cc2)C1. The maximum absolute atomic E-state index is 13.4. The van der Waals surface area contributed by atoms with Gasteiger partial charge in [0.25, 0.3) is 0 Å². The van der Waals surface area contributed by atoms with Crippen LogP contribution in [0.3, 0.4) is 0 Å². The molecule has 1 aliphatic heterocycles. The minimum absolute atomic E-state index is 0.109. The molecule has 35 heavy (non-hydrogen) atoms. The molecular formula is C30H32ClNO3. The summed E-state index contributed by atoms with van der Waals surface area (Å²) in [6.45, 7) is 8.95. The minimum Gasteiger partial charge on any atom is -0.489 e. The second-order valence-electron chi connectivity index (χ2n) is 11.8. The molecule has 5 rings (SSSR count). The zero-order valence-corrected chi connectivity index (χ0v) is 21.6. The van der Waals surface area contributed by atoms with Gasteiger partial charge in [-0.2, -0.15) is 0 Å². The van der Waals surface area contributed by atoms with E-state index in [-0.39, 0.29) is 34.2 Å². The molecule has 0 radical (unpaired) electrons. The fourth-order valence-electron chi connectivity index (χ4n) is 5.89. The van der Waals surface area contributed by atoms with Gasteiger partial charge in [-0.3, -0.25) is 14.6 Å². The third-order valence-electron chi connectivity index (χ3n) is 7.40. The van der Waals surface area contributed by atoms with Crippen molar-refractivity contribution in [3.8, 4) is 5.75 Å². The number of Topliss-reactive ketones (excluding diaryl/α,β-unsaturated/α-hetero) is 2. The summed E-state index contributed by atoms with van der Waals surface area (Å²) in [7, 11) is 0. The minimum atomic E-state index is -0.354. The smallest absolute Gasteiger partial charge is 0.161 e. The fourth-order valence-corrected chi connectivity index (χ4v) is 6.02. The first-order chi connectivity index (χ1) is 16.5. The third kappa shape index (κ3) is 4.86. The van der Waals surface area contributed by atoms with Crippen LogP contribution in [-0.2, 0) is 16.2 Å². The van der Waals surface area contributed by atoms with Crippen molar-refractivity contribution in [3.63, 3.8) is 0 Å². The number of carbonyl (C=O) groups excluding carboxylic acids is 2. The Morgan fingerprint density at radius 3 is 2.20 bits per heavy atom. The fraction of sp³-hybridized carbons (Fsp3) is 0.433. The number of hydrogen-bond donors (Lipinski definition) is 0. The van der Waals surface area contributed by atoms with E-state index in [1.165, 1.54) is 0 Å². The van der Waals surface area contributed by atoms with Crippen molar-refractivity contribution in [1.29, 1.82) is 0 Å². The van der Waals surface area contributed by atoms with E-state index < -0.39 is 0 Å². The van der Waals surface area contributed by atoms with Crippen LogP contribution in [0.25, 0.3) is 0 Å². The van der Waals surface area contributed by atoms with E-state index in [1.54, 1.807) is 0 Å². The largest absolute Gasteiger partial charge is 0.489 e. The maximum atomic E-state index is 13.4. The molecule has 1 heterocycles. The first-order valence-corrected chi connectivity index (χ1v) is 12.7. The second kappa shape index (κ2) is 8.74. The normalized spacial score (nSPS) is 25.0. The number of carbonyl (C=O) groups is 2. The standard InChI is InChI=1S/C30H32ClNO3/c1-29(2)13-22-27(24(33)15-29)26(28-23(32-22)14-30(3,4)16-25(28)34)19-7-11-21(12-8-19)35-17-18-5-9-20(31)10-6-18/h5-12,26-27H,13-17H2,1-4H3. The third-order valence-corrected chi connectivity index (χ3v) is 7.65. The molecule has 0 spiro atoms. The average Bonchev–Trinajstić information content (AvgIpc) is 2.76. The summed E-state index contributed by atoms with van der Waals surface area (Å²) in [5, 5.41) is 0.698. The van der Waals surface area contributed by atoms with Gasteiger partial charge in [-0.15, -0.1) is 0 Å². The molecule has 0 N–H and O–H groups in total. The molecule has 2 aromatic carbocycles. The van der Waals surface area contributed by atoms with Crippen molar-refractivity contribution in [2.75, 3.05) is 0 Å². The number of hydrogen-bond acceptors (Lipinski definition) is 4. The van der Waals surface area contributed by atoms with Gasteiger partial charge in [0, 0.05) is 40.8 Å². The summed E-state index contributed by atoms with van der Waals surface area (Å²) in [4.78, 5) is 31.9. The van der Waals surface area contributed by atoms with Gasteiger partial charge in [-0.25, -0.2) is 0 Å². The Hall–Kier alpha value is -2.72. The van der Waals surface area contributed by atoms with Crippen LogP contribution in [0.2, 0.25) is 5.02 Å². The van der Waals surface area contributed by atoms with Crippen molar-refractivity contribution in [1.82, 2.24) is 0 Å². The van der Waals surface area contributed by atoms with Gasteiger partial charge >= 0.3 is 0 Å². The molecule has 4 nitrogen and oxygen atoms in total. The number of ether oxygens (including phenoxy) is 1. The van der Waals surface area contributed by atoms with Gasteiger partial charge in [0.15, 0.2) is 5.78 Å². The van der Waals surface area contributed by atoms with Crippen molar-refractivity contribution in [2.45, 2.75) is 65.9 Å². The van der Waals surface area contributed by atoms with E-state index in [2.05, 4.69) is 27.7 Å². The van der Waals surface area contributed by atoms with Gasteiger partial charge < -0.3 is 4.74 Å². The molecule has 2 aliphatic carbocycles. The van der Waals surface area contributed by atoms with Crippen LogP contribution in [-0.4, -0.2) is 17.3 Å². The Morgan fingerprint density at radius 1 is 0.857 bits per heavy atom. The molecule has 0 amide bonds. The predicted octanol–water partition coefficient (Wildman–Crippen LogP) is 7.11. The van der Waals surface area contributed by atoms with Crippen molar-refractivity contribution >= 4 is 28.9 Å². The van der Waals surface area contributed by atoms with E-state index in [4.69, 9.17) is 21.3 Å². The van der Waals surface area contributed by atoms with Crippen molar-refractivity contribution < 1.29 is 14.3 Å². The monoisotopic (exact) mass is 489 g/mol. The van der Waals surface area contributed by atoms with Crippen LogP contribution < -0.4 is 4.74 Å². The zero-order chi connectivity index (χ0) is 25.0. The van der Waals surface area contributed by atoms with E-state index >= 15 is 0 Å². The number of benzene rings is 2. The molecule has 5 heteroatoms. The van der Waals surface area contributed by atoms with Crippen LogP contribution in [0.4, 0.5) is 0 Å². The maximum Gasteiger partial charge on any atom is 0.161 e. The Morgan fingerprint density at radius 2 is 1.51 bits per heavy atom. The molecule has 0 bridgehead atoms. The number of aliphatic imine (C=N–C) groups is 1. The summed E-state index contributed by atoms with van der Waals surface area (Å²) in [6, 6.07) is 15.5. The van der Waals surface area contributed by atoms with Gasteiger partial charge in [0.05, 0.1) is 5.92 Å².